The number of ether oxygens (including phenoxy) is 1. The van der Waals surface area contributed by atoms with Crippen LogP contribution >= 0.6 is 0 Å². The van der Waals surface area contributed by atoms with E-state index in [1.807, 2.05) is 20.8 Å². The highest BCUT2D eigenvalue weighted by molar-refractivity contribution is 5.93. The van der Waals surface area contributed by atoms with Crippen LogP contribution in [-0.4, -0.2) is 32.2 Å². The van der Waals surface area contributed by atoms with E-state index in [4.69, 9.17) is 4.74 Å². The summed E-state index contributed by atoms with van der Waals surface area (Å²) in [6.45, 7) is 9.15. The van der Waals surface area contributed by atoms with E-state index >= 15 is 0 Å². The predicted molar refractivity (Wildman–Crippen MR) is 77.7 cm³/mol. The van der Waals surface area contributed by atoms with Crippen LogP contribution in [0.5, 0.6) is 0 Å². The third kappa shape index (κ3) is 3.47. The third-order valence-electron chi connectivity index (χ3n) is 3.38. The van der Waals surface area contributed by atoms with E-state index in [1.54, 1.807) is 0 Å². The van der Waals surface area contributed by atoms with Crippen molar-refractivity contribution in [1.82, 2.24) is 0 Å². The average molecular weight is 262 g/mol. The van der Waals surface area contributed by atoms with E-state index in [9.17, 15) is 4.79 Å². The van der Waals surface area contributed by atoms with E-state index in [1.165, 1.54) is 0 Å². The topological polar surface area (TPSA) is 41.6 Å². The normalized spacial score (nSPS) is 15.7. The molecule has 1 aliphatic rings. The number of carbonyl (C=O) groups excluding carboxylic acids is 1. The molecule has 0 bridgehead atoms. The van der Waals surface area contributed by atoms with Gasteiger partial charge in [0.15, 0.2) is 0 Å². The number of anilines is 2. The van der Waals surface area contributed by atoms with Gasteiger partial charge in [0.2, 0.25) is 5.91 Å². The molecular formula is C15H22N2O2. The Hall–Kier alpha value is -1.55. The molecule has 0 atom stereocenters. The van der Waals surface area contributed by atoms with Crippen LogP contribution in [0, 0.1) is 12.8 Å². The van der Waals surface area contributed by atoms with Gasteiger partial charge in [0, 0.05) is 30.4 Å². The summed E-state index contributed by atoms with van der Waals surface area (Å²) in [4.78, 5) is 14.1. The van der Waals surface area contributed by atoms with Crippen LogP contribution in [0.3, 0.4) is 0 Å². The summed E-state index contributed by atoms with van der Waals surface area (Å²) in [5, 5.41) is 2.99. The van der Waals surface area contributed by atoms with Gasteiger partial charge in [-0.25, -0.2) is 0 Å². The van der Waals surface area contributed by atoms with Gasteiger partial charge in [0.25, 0.3) is 0 Å². The minimum absolute atomic E-state index is 0.00792. The Bertz CT molecular complexity index is 451. The fraction of sp³-hybridized carbons (Fsp3) is 0.533. The minimum atomic E-state index is -0.00792. The van der Waals surface area contributed by atoms with E-state index in [0.717, 1.165) is 43.2 Å². The lowest BCUT2D eigenvalue weighted by atomic mass is 10.1. The highest BCUT2D eigenvalue weighted by Crippen LogP contribution is 2.24. The molecule has 0 aromatic heterocycles. The summed E-state index contributed by atoms with van der Waals surface area (Å²) in [5.74, 6) is 0.0497. The maximum atomic E-state index is 11.8. The Kier molecular flexibility index (Phi) is 4.43. The van der Waals surface area contributed by atoms with Gasteiger partial charge >= 0.3 is 0 Å². The number of nitrogens with zero attached hydrogens (tertiary/aromatic N) is 1. The molecule has 1 heterocycles. The molecule has 2 rings (SSSR count). The highest BCUT2D eigenvalue weighted by atomic mass is 16.5. The lowest BCUT2D eigenvalue weighted by Crippen LogP contribution is -2.36. The van der Waals surface area contributed by atoms with Crippen molar-refractivity contribution in [3.63, 3.8) is 0 Å². The third-order valence-corrected chi connectivity index (χ3v) is 3.38. The van der Waals surface area contributed by atoms with Gasteiger partial charge in [0.1, 0.15) is 0 Å². The quantitative estimate of drug-likeness (QED) is 0.909. The van der Waals surface area contributed by atoms with Crippen molar-refractivity contribution in [2.45, 2.75) is 20.8 Å². The zero-order chi connectivity index (χ0) is 13.8. The molecule has 1 saturated heterocycles. The van der Waals surface area contributed by atoms with Crippen LogP contribution in [0.1, 0.15) is 19.4 Å². The van der Waals surface area contributed by atoms with Crippen LogP contribution in [0.2, 0.25) is 0 Å². The summed E-state index contributed by atoms with van der Waals surface area (Å²) < 4.78 is 5.36. The van der Waals surface area contributed by atoms with Crippen LogP contribution in [-0.2, 0) is 9.53 Å². The van der Waals surface area contributed by atoms with Gasteiger partial charge in [-0.3, -0.25) is 4.79 Å². The molecule has 0 aliphatic carbocycles. The van der Waals surface area contributed by atoms with Gasteiger partial charge in [0.05, 0.1) is 13.2 Å². The van der Waals surface area contributed by atoms with Crippen molar-refractivity contribution in [3.8, 4) is 0 Å². The molecular weight excluding hydrogens is 240 g/mol. The van der Waals surface area contributed by atoms with Gasteiger partial charge in [-0.15, -0.1) is 0 Å². The lowest BCUT2D eigenvalue weighted by Gasteiger charge is -2.29. The molecule has 4 heteroatoms. The van der Waals surface area contributed by atoms with Crippen molar-refractivity contribution in [2.24, 2.45) is 5.92 Å². The smallest absolute Gasteiger partial charge is 0.226 e. The van der Waals surface area contributed by atoms with Crippen molar-refractivity contribution >= 4 is 17.3 Å². The van der Waals surface area contributed by atoms with E-state index in [-0.39, 0.29) is 11.8 Å². The zero-order valence-corrected chi connectivity index (χ0v) is 11.9. The molecule has 1 N–H and O–H groups in total. The summed E-state index contributed by atoms with van der Waals surface area (Å²) in [6.07, 6.45) is 0. The predicted octanol–water partition coefficient (Wildman–Crippen LogP) is 2.43. The molecule has 1 aromatic rings. The molecule has 104 valence electrons. The number of nitrogens with one attached hydrogen (secondary N) is 1. The Morgan fingerprint density at radius 3 is 2.63 bits per heavy atom. The first-order valence-electron chi connectivity index (χ1n) is 6.82. The molecule has 4 nitrogen and oxygen atoms in total. The van der Waals surface area contributed by atoms with Crippen molar-refractivity contribution in [3.05, 3.63) is 23.8 Å². The molecule has 1 aromatic carbocycles. The summed E-state index contributed by atoms with van der Waals surface area (Å²) in [6, 6.07) is 6.22. The monoisotopic (exact) mass is 262 g/mol. The summed E-state index contributed by atoms with van der Waals surface area (Å²) in [5.41, 5.74) is 3.14. The number of carbonyl (C=O) groups is 1. The Balaban J connectivity index is 2.16. The largest absolute Gasteiger partial charge is 0.378 e. The average Bonchev–Trinajstić information content (AvgIpc) is 2.42. The zero-order valence-electron chi connectivity index (χ0n) is 11.9. The Labute approximate surface area is 114 Å². The first-order valence-corrected chi connectivity index (χ1v) is 6.82. The Morgan fingerprint density at radius 1 is 1.32 bits per heavy atom. The standard InChI is InChI=1S/C15H22N2O2/c1-11(2)15(18)16-14-10-13(5-4-12(14)3)17-6-8-19-9-7-17/h4-5,10-11H,6-9H2,1-3H3,(H,16,18). The van der Waals surface area contributed by atoms with E-state index in [0.29, 0.717) is 0 Å². The molecule has 19 heavy (non-hydrogen) atoms. The second-order valence-corrected chi connectivity index (χ2v) is 5.24. The number of hydrogen-bond acceptors (Lipinski definition) is 3. The molecule has 0 unspecified atom stereocenters. The molecule has 0 spiro atoms. The van der Waals surface area contributed by atoms with Gasteiger partial charge < -0.3 is 15.0 Å². The van der Waals surface area contributed by atoms with Crippen molar-refractivity contribution in [2.75, 3.05) is 36.5 Å². The maximum Gasteiger partial charge on any atom is 0.226 e. The second-order valence-electron chi connectivity index (χ2n) is 5.24. The Morgan fingerprint density at radius 2 is 2.00 bits per heavy atom. The molecule has 1 amide bonds. The fourth-order valence-electron chi connectivity index (χ4n) is 2.04. The fourth-order valence-corrected chi connectivity index (χ4v) is 2.04. The number of hydrogen-bond donors (Lipinski definition) is 1. The van der Waals surface area contributed by atoms with Crippen LogP contribution in [0.15, 0.2) is 18.2 Å². The first kappa shape index (κ1) is 13.9. The number of rotatable bonds is 3. The van der Waals surface area contributed by atoms with Crippen molar-refractivity contribution in [1.29, 1.82) is 0 Å². The van der Waals surface area contributed by atoms with Gasteiger partial charge in [-0.05, 0) is 24.6 Å². The minimum Gasteiger partial charge on any atom is -0.378 e. The summed E-state index contributed by atoms with van der Waals surface area (Å²) in [7, 11) is 0. The number of morpholine rings is 1. The number of benzene rings is 1. The first-order chi connectivity index (χ1) is 9.08. The van der Waals surface area contributed by atoms with Gasteiger partial charge in [-0.1, -0.05) is 19.9 Å². The summed E-state index contributed by atoms with van der Waals surface area (Å²) >= 11 is 0. The lowest BCUT2D eigenvalue weighted by molar-refractivity contribution is -0.118. The highest BCUT2D eigenvalue weighted by Gasteiger charge is 2.14. The van der Waals surface area contributed by atoms with Crippen LogP contribution in [0.25, 0.3) is 0 Å². The second kappa shape index (κ2) is 6.06. The number of amides is 1. The molecule has 0 radical (unpaired) electrons. The number of aryl methyl sites for hydroxylation is 1. The van der Waals surface area contributed by atoms with Gasteiger partial charge in [-0.2, -0.15) is 0 Å². The maximum absolute atomic E-state index is 11.8. The molecule has 1 fully saturated rings. The van der Waals surface area contributed by atoms with Crippen molar-refractivity contribution < 1.29 is 9.53 Å². The van der Waals surface area contributed by atoms with E-state index < -0.39 is 0 Å². The van der Waals surface area contributed by atoms with E-state index in [2.05, 4.69) is 28.4 Å². The van der Waals surface area contributed by atoms with Crippen LogP contribution < -0.4 is 10.2 Å². The molecule has 1 aliphatic heterocycles. The van der Waals surface area contributed by atoms with Crippen LogP contribution in [0.4, 0.5) is 11.4 Å². The molecule has 0 saturated carbocycles. The SMILES string of the molecule is Cc1ccc(N2CCOCC2)cc1NC(=O)C(C)C.